The summed E-state index contributed by atoms with van der Waals surface area (Å²) in [6.07, 6.45) is 3.89. The highest BCUT2D eigenvalue weighted by Crippen LogP contribution is 1.89. The molecule has 0 saturated carbocycles. The van der Waals surface area contributed by atoms with Gasteiger partial charge in [0.2, 0.25) is 6.34 Å². The fourth-order valence-electron chi connectivity index (χ4n) is 0.780. The van der Waals surface area contributed by atoms with Crippen LogP contribution in [0.1, 0.15) is 0 Å². The van der Waals surface area contributed by atoms with Gasteiger partial charge in [0, 0.05) is 0 Å². The highest BCUT2D eigenvalue weighted by Gasteiger charge is 2.11. The Morgan fingerprint density at radius 3 is 2.88 bits per heavy atom. The predicted molar refractivity (Wildman–Crippen MR) is 34.0 cm³/mol. The van der Waals surface area contributed by atoms with Gasteiger partial charge < -0.3 is 0 Å². The first kappa shape index (κ1) is 5.35. The molecule has 2 nitrogen and oxygen atoms in total. The van der Waals surface area contributed by atoms with E-state index < -0.39 is 0 Å². The summed E-state index contributed by atoms with van der Waals surface area (Å²) in [7, 11) is 2.06. The minimum absolute atomic E-state index is 1.08. The molecular weight excluding hydrogens is 100 g/mol. The van der Waals surface area contributed by atoms with Crippen molar-refractivity contribution in [2.75, 3.05) is 20.1 Å². The molecule has 1 rings (SSSR count). The third-order valence-electron chi connectivity index (χ3n) is 1.29. The monoisotopic (exact) mass is 111 g/mol. The van der Waals surface area contributed by atoms with Crippen LogP contribution < -0.4 is 0 Å². The topological polar surface area (TPSA) is 6.25 Å². The second-order valence-electron chi connectivity index (χ2n) is 2.02. The standard InChI is InChI=1S/C6H11N2/c1-3-8-5-4-7(2)6-8/h3,6H,1,4-5H2,2H3/q+1. The van der Waals surface area contributed by atoms with Crippen molar-refractivity contribution in [2.24, 2.45) is 0 Å². The largest absolute Gasteiger partial charge is 0.267 e. The Labute approximate surface area is 49.7 Å². The van der Waals surface area contributed by atoms with Crippen LogP contribution in [0.25, 0.3) is 0 Å². The Morgan fingerprint density at radius 2 is 2.62 bits per heavy atom. The first-order chi connectivity index (χ1) is 3.83. The first-order valence-corrected chi connectivity index (χ1v) is 2.76. The summed E-state index contributed by atoms with van der Waals surface area (Å²) in [6, 6.07) is 0. The third kappa shape index (κ3) is 0.886. The fraction of sp³-hybridized carbons (Fsp3) is 0.500. The fourth-order valence-corrected chi connectivity index (χ4v) is 0.780. The smallest absolute Gasteiger partial charge is 0.238 e. The third-order valence-corrected chi connectivity index (χ3v) is 1.29. The first-order valence-electron chi connectivity index (χ1n) is 2.76. The van der Waals surface area contributed by atoms with Crippen LogP contribution in [-0.2, 0) is 0 Å². The molecule has 0 unspecified atom stereocenters. The Bertz CT molecular complexity index is 126. The maximum Gasteiger partial charge on any atom is 0.238 e. The van der Waals surface area contributed by atoms with E-state index >= 15 is 0 Å². The summed E-state index contributed by atoms with van der Waals surface area (Å²) in [5.41, 5.74) is 0. The number of nitrogens with zero attached hydrogens (tertiary/aromatic N) is 2. The van der Waals surface area contributed by atoms with Crippen molar-refractivity contribution in [1.29, 1.82) is 0 Å². The van der Waals surface area contributed by atoms with Crippen LogP contribution in [-0.4, -0.2) is 36.0 Å². The molecule has 1 aliphatic heterocycles. The van der Waals surface area contributed by atoms with Crippen molar-refractivity contribution in [1.82, 2.24) is 4.90 Å². The number of hydrogen-bond donors (Lipinski definition) is 0. The maximum absolute atomic E-state index is 3.65. The summed E-state index contributed by atoms with van der Waals surface area (Å²) in [6.45, 7) is 5.85. The highest BCUT2D eigenvalue weighted by molar-refractivity contribution is 5.51. The lowest BCUT2D eigenvalue weighted by Crippen LogP contribution is -2.09. The molecule has 1 heterocycles. The van der Waals surface area contributed by atoms with E-state index in [2.05, 4.69) is 23.1 Å². The average molecular weight is 111 g/mol. The van der Waals surface area contributed by atoms with Gasteiger partial charge in [0.05, 0.1) is 13.2 Å². The molecule has 0 spiro atoms. The molecule has 0 aromatic rings. The molecule has 0 fully saturated rings. The van der Waals surface area contributed by atoms with Crippen LogP contribution in [0, 0.1) is 0 Å². The van der Waals surface area contributed by atoms with Gasteiger partial charge in [-0.05, 0) is 0 Å². The Hall–Kier alpha value is -0.790. The predicted octanol–water partition coefficient (Wildman–Crippen LogP) is 0.116. The van der Waals surface area contributed by atoms with Crippen LogP contribution in [0.3, 0.4) is 0 Å². The van der Waals surface area contributed by atoms with E-state index in [1.54, 1.807) is 0 Å². The average Bonchev–Trinajstić information content (AvgIpc) is 2.14. The van der Waals surface area contributed by atoms with Gasteiger partial charge in [0.15, 0.2) is 0 Å². The molecule has 8 heavy (non-hydrogen) atoms. The van der Waals surface area contributed by atoms with Crippen LogP contribution in [0.15, 0.2) is 12.8 Å². The van der Waals surface area contributed by atoms with Gasteiger partial charge in [-0.3, -0.25) is 4.58 Å². The van der Waals surface area contributed by atoms with Gasteiger partial charge >= 0.3 is 0 Å². The highest BCUT2D eigenvalue weighted by atomic mass is 15.2. The zero-order chi connectivity index (χ0) is 5.98. The summed E-state index contributed by atoms with van der Waals surface area (Å²) in [5, 5.41) is 0. The van der Waals surface area contributed by atoms with Crippen LogP contribution in [0.4, 0.5) is 0 Å². The number of hydrogen-bond acceptors (Lipinski definition) is 1. The molecule has 1 aliphatic rings. The van der Waals surface area contributed by atoms with E-state index in [-0.39, 0.29) is 0 Å². The van der Waals surface area contributed by atoms with Crippen molar-refractivity contribution in [2.45, 2.75) is 0 Å². The van der Waals surface area contributed by atoms with Crippen molar-refractivity contribution in [3.8, 4) is 0 Å². The van der Waals surface area contributed by atoms with E-state index in [0.29, 0.717) is 0 Å². The Kier molecular flexibility index (Phi) is 1.33. The normalized spacial score (nSPS) is 18.6. The summed E-state index contributed by atoms with van der Waals surface area (Å²) in [5.74, 6) is 0. The number of rotatable bonds is 1. The zero-order valence-electron chi connectivity index (χ0n) is 5.17. The van der Waals surface area contributed by atoms with E-state index in [9.17, 15) is 0 Å². The van der Waals surface area contributed by atoms with E-state index in [1.807, 2.05) is 12.5 Å². The van der Waals surface area contributed by atoms with Gasteiger partial charge in [0.1, 0.15) is 13.1 Å². The van der Waals surface area contributed by atoms with Crippen LogP contribution in [0.2, 0.25) is 0 Å². The minimum Gasteiger partial charge on any atom is -0.267 e. The van der Waals surface area contributed by atoms with Gasteiger partial charge in [-0.2, -0.15) is 0 Å². The minimum atomic E-state index is 1.08. The molecular formula is C6H11N2+. The SMILES string of the molecule is C=CN1C=[N+](C)CC1. The summed E-state index contributed by atoms with van der Waals surface area (Å²) >= 11 is 0. The van der Waals surface area contributed by atoms with Gasteiger partial charge in [-0.1, -0.05) is 6.58 Å². The second-order valence-corrected chi connectivity index (χ2v) is 2.02. The van der Waals surface area contributed by atoms with E-state index in [1.165, 1.54) is 0 Å². The molecule has 0 bridgehead atoms. The van der Waals surface area contributed by atoms with Gasteiger partial charge in [-0.15, -0.1) is 0 Å². The summed E-state index contributed by atoms with van der Waals surface area (Å²) < 4.78 is 2.14. The number of likely N-dealkylation sites (N-methyl/N-ethyl adjacent to an activating group) is 1. The van der Waals surface area contributed by atoms with Gasteiger partial charge in [-0.25, -0.2) is 4.90 Å². The van der Waals surface area contributed by atoms with Crippen molar-refractivity contribution < 1.29 is 4.58 Å². The molecule has 0 amide bonds. The molecule has 0 aliphatic carbocycles. The van der Waals surface area contributed by atoms with Crippen molar-refractivity contribution in [3.63, 3.8) is 0 Å². The molecule has 0 aromatic carbocycles. The van der Waals surface area contributed by atoms with E-state index in [0.717, 1.165) is 13.1 Å². The summed E-state index contributed by atoms with van der Waals surface area (Å²) in [4.78, 5) is 2.07. The second kappa shape index (κ2) is 1.99. The molecule has 0 atom stereocenters. The lowest BCUT2D eigenvalue weighted by atomic mass is 10.6. The van der Waals surface area contributed by atoms with Crippen molar-refractivity contribution >= 4 is 6.34 Å². The van der Waals surface area contributed by atoms with Gasteiger partial charge in [0.25, 0.3) is 0 Å². The molecule has 2 heteroatoms. The lowest BCUT2D eigenvalue weighted by Gasteiger charge is -1.92. The maximum atomic E-state index is 3.65. The molecule has 0 radical (unpaired) electrons. The Balaban J connectivity index is 2.53. The van der Waals surface area contributed by atoms with Crippen molar-refractivity contribution in [3.05, 3.63) is 12.8 Å². The van der Waals surface area contributed by atoms with Crippen LogP contribution in [0.5, 0.6) is 0 Å². The lowest BCUT2D eigenvalue weighted by molar-refractivity contribution is -0.482. The quantitative estimate of drug-likeness (QED) is 0.435. The molecule has 44 valence electrons. The molecule has 0 saturated heterocycles. The molecule has 0 N–H and O–H groups in total. The van der Waals surface area contributed by atoms with Crippen LogP contribution >= 0.6 is 0 Å². The van der Waals surface area contributed by atoms with E-state index in [4.69, 9.17) is 0 Å². The zero-order valence-corrected chi connectivity index (χ0v) is 5.17. The Morgan fingerprint density at radius 1 is 1.88 bits per heavy atom. The molecule has 0 aromatic heterocycles.